The molecule has 33 heavy (non-hydrogen) atoms. The lowest BCUT2D eigenvalue weighted by Gasteiger charge is -2.27. The van der Waals surface area contributed by atoms with Gasteiger partial charge in [-0.3, -0.25) is 14.6 Å². The van der Waals surface area contributed by atoms with Gasteiger partial charge in [0.1, 0.15) is 5.69 Å². The van der Waals surface area contributed by atoms with Crippen molar-refractivity contribution in [1.29, 1.82) is 5.26 Å². The highest BCUT2D eigenvalue weighted by molar-refractivity contribution is 6.07. The van der Waals surface area contributed by atoms with Crippen LogP contribution in [0.5, 0.6) is 0 Å². The van der Waals surface area contributed by atoms with Gasteiger partial charge in [-0.25, -0.2) is 4.52 Å². The predicted octanol–water partition coefficient (Wildman–Crippen LogP) is 3.68. The number of fused-ring (bicyclic) bond motifs is 1. The van der Waals surface area contributed by atoms with Crippen molar-refractivity contribution < 1.29 is 9.59 Å². The van der Waals surface area contributed by atoms with Gasteiger partial charge < -0.3 is 10.2 Å². The average Bonchev–Trinajstić information content (AvgIpc) is 3.27. The molecule has 8 heteroatoms. The van der Waals surface area contributed by atoms with E-state index in [-0.39, 0.29) is 17.9 Å². The van der Waals surface area contributed by atoms with E-state index in [4.69, 9.17) is 5.26 Å². The largest absolute Gasteiger partial charge is 0.354 e. The fourth-order valence-corrected chi connectivity index (χ4v) is 3.64. The summed E-state index contributed by atoms with van der Waals surface area (Å²) in [4.78, 5) is 31.2. The van der Waals surface area contributed by atoms with E-state index < -0.39 is 0 Å². The minimum Gasteiger partial charge on any atom is -0.354 e. The first-order valence-corrected chi connectivity index (χ1v) is 10.4. The molecule has 0 bridgehead atoms. The highest BCUT2D eigenvalue weighted by atomic mass is 16.2. The number of carbonyl (C=O) groups is 2. The van der Waals surface area contributed by atoms with Crippen molar-refractivity contribution in [2.45, 2.75) is 19.9 Å². The van der Waals surface area contributed by atoms with Crippen molar-refractivity contribution in [3.05, 3.63) is 83.9 Å². The zero-order chi connectivity index (χ0) is 23.5. The lowest BCUT2D eigenvalue weighted by molar-refractivity contribution is 0.0955. The fraction of sp³-hybridized carbons (Fsp3) is 0.160. The minimum atomic E-state index is -0.258. The van der Waals surface area contributed by atoms with Crippen LogP contribution >= 0.6 is 0 Å². The van der Waals surface area contributed by atoms with Gasteiger partial charge in [0, 0.05) is 47.9 Å². The van der Waals surface area contributed by atoms with E-state index in [2.05, 4.69) is 21.5 Å². The van der Waals surface area contributed by atoms with Crippen LogP contribution in [0.1, 0.15) is 40.3 Å². The Morgan fingerprint density at radius 1 is 1.09 bits per heavy atom. The molecule has 1 aromatic carbocycles. The van der Waals surface area contributed by atoms with Crippen molar-refractivity contribution in [3.63, 3.8) is 0 Å². The Hall–Kier alpha value is -4.51. The van der Waals surface area contributed by atoms with Crippen LogP contribution in [0, 0.1) is 11.3 Å². The maximum atomic E-state index is 13.5. The number of hydrogen-bond acceptors (Lipinski definition) is 5. The van der Waals surface area contributed by atoms with E-state index in [0.717, 1.165) is 22.3 Å². The molecule has 0 saturated heterocycles. The lowest BCUT2D eigenvalue weighted by atomic mass is 10.1. The van der Waals surface area contributed by atoms with Crippen molar-refractivity contribution in [1.82, 2.24) is 19.9 Å². The summed E-state index contributed by atoms with van der Waals surface area (Å²) >= 11 is 0. The zero-order valence-corrected chi connectivity index (χ0v) is 18.5. The molecule has 4 rings (SSSR count). The van der Waals surface area contributed by atoms with Crippen LogP contribution in [-0.4, -0.2) is 39.5 Å². The molecule has 0 aliphatic rings. The van der Waals surface area contributed by atoms with Crippen LogP contribution in [0.25, 0.3) is 16.6 Å². The Morgan fingerprint density at radius 2 is 1.85 bits per heavy atom. The Kier molecular flexibility index (Phi) is 5.87. The Bertz CT molecular complexity index is 1370. The fourth-order valence-electron chi connectivity index (χ4n) is 3.64. The van der Waals surface area contributed by atoms with E-state index in [1.54, 1.807) is 83.6 Å². The van der Waals surface area contributed by atoms with Crippen LogP contribution in [-0.2, 0) is 0 Å². The van der Waals surface area contributed by atoms with Gasteiger partial charge in [0.2, 0.25) is 0 Å². The zero-order valence-electron chi connectivity index (χ0n) is 18.5. The first-order chi connectivity index (χ1) is 15.9. The van der Waals surface area contributed by atoms with Crippen molar-refractivity contribution in [2.75, 3.05) is 11.9 Å². The van der Waals surface area contributed by atoms with Crippen molar-refractivity contribution in [2.24, 2.45) is 0 Å². The predicted molar refractivity (Wildman–Crippen MR) is 125 cm³/mol. The molecule has 2 amide bonds. The van der Waals surface area contributed by atoms with Gasteiger partial charge in [0.05, 0.1) is 23.3 Å². The van der Waals surface area contributed by atoms with Crippen LogP contribution in [0.3, 0.4) is 0 Å². The summed E-state index contributed by atoms with van der Waals surface area (Å²) in [7, 11) is 1.56. The molecule has 8 nitrogen and oxygen atoms in total. The maximum absolute atomic E-state index is 13.5. The number of pyridine rings is 2. The van der Waals surface area contributed by atoms with Crippen molar-refractivity contribution in [3.8, 4) is 17.2 Å². The summed E-state index contributed by atoms with van der Waals surface area (Å²) in [5.74, 6) is -0.414. The third kappa shape index (κ3) is 4.16. The van der Waals surface area contributed by atoms with Gasteiger partial charge in [-0.05, 0) is 56.3 Å². The second-order valence-electron chi connectivity index (χ2n) is 7.74. The molecule has 0 saturated carbocycles. The molecule has 164 valence electrons. The molecule has 0 fully saturated rings. The third-order valence-corrected chi connectivity index (χ3v) is 5.31. The van der Waals surface area contributed by atoms with E-state index in [1.807, 2.05) is 13.8 Å². The number of rotatable bonds is 5. The van der Waals surface area contributed by atoms with Crippen molar-refractivity contribution >= 4 is 23.0 Å². The highest BCUT2D eigenvalue weighted by Gasteiger charge is 2.22. The maximum Gasteiger partial charge on any atom is 0.269 e. The van der Waals surface area contributed by atoms with E-state index in [0.29, 0.717) is 16.8 Å². The lowest BCUT2D eigenvalue weighted by Crippen LogP contribution is -2.37. The average molecular weight is 438 g/mol. The van der Waals surface area contributed by atoms with Gasteiger partial charge in [-0.2, -0.15) is 10.4 Å². The van der Waals surface area contributed by atoms with Crippen LogP contribution in [0.2, 0.25) is 0 Å². The number of hydrogen-bond donors (Lipinski definition) is 1. The molecule has 3 aromatic heterocycles. The normalized spacial score (nSPS) is 10.8. The molecule has 1 N–H and O–H groups in total. The highest BCUT2D eigenvalue weighted by Crippen LogP contribution is 2.26. The number of anilines is 1. The Balaban J connectivity index is 1.71. The summed E-state index contributed by atoms with van der Waals surface area (Å²) < 4.78 is 1.69. The smallest absolute Gasteiger partial charge is 0.269 e. The molecular formula is C25H22N6O2. The molecular weight excluding hydrogens is 416 g/mol. The summed E-state index contributed by atoms with van der Waals surface area (Å²) in [6.45, 7) is 3.89. The standard InChI is InChI=1S/C25H22N6O2/c1-16(2)31(20-7-4-17(13-26)5-8-20)25(33)18-10-11-30-23(12-18)21(15-29-30)19-6-9-22(28-14-19)24(32)27-3/h4-12,14-16H,1-3H3,(H,27,32). The molecule has 0 aliphatic carbocycles. The number of aromatic nitrogens is 3. The monoisotopic (exact) mass is 438 g/mol. The van der Waals surface area contributed by atoms with Gasteiger partial charge in [0.25, 0.3) is 11.8 Å². The topological polar surface area (TPSA) is 103 Å². The first-order valence-electron chi connectivity index (χ1n) is 10.4. The van der Waals surface area contributed by atoms with Crippen LogP contribution in [0.4, 0.5) is 5.69 Å². The number of amides is 2. The van der Waals surface area contributed by atoms with E-state index in [9.17, 15) is 9.59 Å². The second-order valence-corrected chi connectivity index (χ2v) is 7.74. The number of carbonyl (C=O) groups excluding carboxylic acids is 2. The molecule has 0 radical (unpaired) electrons. The Labute approximate surface area is 191 Å². The molecule has 0 atom stereocenters. The minimum absolute atomic E-state index is 0.0903. The summed E-state index contributed by atoms with van der Waals surface area (Å²) in [5.41, 5.74) is 4.43. The SMILES string of the molecule is CNC(=O)c1ccc(-c2cnn3ccc(C(=O)N(c4ccc(C#N)cc4)C(C)C)cc23)cn1. The van der Waals surface area contributed by atoms with Gasteiger partial charge in [-0.15, -0.1) is 0 Å². The molecule has 0 unspecified atom stereocenters. The number of nitrogens with one attached hydrogen (secondary N) is 1. The molecule has 0 spiro atoms. The van der Waals surface area contributed by atoms with Gasteiger partial charge in [0.15, 0.2) is 0 Å². The Morgan fingerprint density at radius 3 is 2.45 bits per heavy atom. The third-order valence-electron chi connectivity index (χ3n) is 5.31. The van der Waals surface area contributed by atoms with E-state index in [1.165, 1.54) is 0 Å². The van der Waals surface area contributed by atoms with Crippen LogP contribution < -0.4 is 10.2 Å². The molecule has 0 aliphatic heterocycles. The van der Waals surface area contributed by atoms with E-state index >= 15 is 0 Å². The summed E-state index contributed by atoms with van der Waals surface area (Å²) in [6, 6.07) is 16.0. The summed E-state index contributed by atoms with van der Waals surface area (Å²) in [6.07, 6.45) is 5.07. The van der Waals surface area contributed by atoms with Gasteiger partial charge >= 0.3 is 0 Å². The number of nitrogens with zero attached hydrogens (tertiary/aromatic N) is 5. The first kappa shape index (κ1) is 21.7. The molecule has 4 aromatic rings. The number of nitriles is 1. The summed E-state index contributed by atoms with van der Waals surface area (Å²) in [5, 5.41) is 16.0. The van der Waals surface area contributed by atoms with Crippen LogP contribution in [0.15, 0.2) is 67.1 Å². The molecule has 3 heterocycles. The second kappa shape index (κ2) is 8.93. The van der Waals surface area contributed by atoms with Gasteiger partial charge in [-0.1, -0.05) is 6.07 Å². The quantitative estimate of drug-likeness (QED) is 0.512. The number of benzene rings is 1.